The molecule has 1 atom stereocenters. The second-order valence-corrected chi connectivity index (χ2v) is 6.59. The number of thiophene rings is 1. The van der Waals surface area contributed by atoms with Crippen molar-refractivity contribution in [2.45, 2.75) is 52.1 Å². The molecule has 2 nitrogen and oxygen atoms in total. The van der Waals surface area contributed by atoms with Gasteiger partial charge in [0.05, 0.1) is 10.4 Å². The summed E-state index contributed by atoms with van der Waals surface area (Å²) in [6.45, 7) is 11.2. The predicted octanol–water partition coefficient (Wildman–Crippen LogP) is 4.56. The summed E-state index contributed by atoms with van der Waals surface area (Å²) in [5, 5.41) is 3.53. The van der Waals surface area contributed by atoms with Crippen LogP contribution < -0.4 is 5.32 Å². The molecule has 1 aromatic rings. The molecule has 0 aliphatic carbocycles. The van der Waals surface area contributed by atoms with Crippen LogP contribution in [0.4, 0.5) is 0 Å². The molecule has 0 fully saturated rings. The number of nitrogens with one attached hydrogen (secondary N) is 1. The third-order valence-electron chi connectivity index (χ3n) is 4.32. The molecule has 1 rings (SSSR count). The van der Waals surface area contributed by atoms with Crippen LogP contribution in [-0.4, -0.2) is 30.6 Å². The summed E-state index contributed by atoms with van der Waals surface area (Å²) in [6.07, 6.45) is 2.26. The highest BCUT2D eigenvalue weighted by Gasteiger charge is 2.40. The Balaban J connectivity index is 3.20. The minimum atomic E-state index is 0.159. The monoisotopic (exact) mass is 302 g/mol. The van der Waals surface area contributed by atoms with Crippen molar-refractivity contribution in [2.75, 3.05) is 20.1 Å². The van der Waals surface area contributed by atoms with Crippen LogP contribution in [0.2, 0.25) is 4.34 Å². The highest BCUT2D eigenvalue weighted by atomic mass is 35.5. The summed E-state index contributed by atoms with van der Waals surface area (Å²) in [7, 11) is 2.06. The minimum absolute atomic E-state index is 0.159. The SMILES string of the molecule is CCN(CC)C(CC)(CC)C(NC)c1ccc(Cl)s1. The summed E-state index contributed by atoms with van der Waals surface area (Å²) in [4.78, 5) is 3.92. The number of hydrogen-bond acceptors (Lipinski definition) is 3. The Labute approximate surface area is 127 Å². The summed E-state index contributed by atoms with van der Waals surface area (Å²) >= 11 is 7.82. The van der Waals surface area contributed by atoms with E-state index in [1.165, 1.54) is 4.88 Å². The maximum Gasteiger partial charge on any atom is 0.0931 e. The Morgan fingerprint density at radius 1 is 1.21 bits per heavy atom. The van der Waals surface area contributed by atoms with Crippen molar-refractivity contribution in [3.8, 4) is 0 Å². The topological polar surface area (TPSA) is 15.3 Å². The Hall–Kier alpha value is -0.0900. The molecule has 0 radical (unpaired) electrons. The van der Waals surface area contributed by atoms with E-state index < -0.39 is 0 Å². The fourth-order valence-corrected chi connectivity index (χ4v) is 4.58. The Kier molecular flexibility index (Phi) is 6.81. The fraction of sp³-hybridized carbons (Fsp3) is 0.733. The molecule has 0 aliphatic heterocycles. The van der Waals surface area contributed by atoms with E-state index in [-0.39, 0.29) is 5.54 Å². The number of nitrogens with zero attached hydrogens (tertiary/aromatic N) is 1. The zero-order valence-corrected chi connectivity index (χ0v) is 14.4. The lowest BCUT2D eigenvalue weighted by Gasteiger charge is -2.47. The van der Waals surface area contributed by atoms with Crippen LogP contribution in [0.25, 0.3) is 0 Å². The van der Waals surface area contributed by atoms with Gasteiger partial charge in [0.25, 0.3) is 0 Å². The molecule has 0 saturated carbocycles. The average molecular weight is 303 g/mol. The lowest BCUT2D eigenvalue weighted by Crippen LogP contribution is -2.55. The second kappa shape index (κ2) is 7.63. The van der Waals surface area contributed by atoms with E-state index in [2.05, 4.69) is 51.0 Å². The average Bonchev–Trinajstić information content (AvgIpc) is 2.85. The predicted molar refractivity (Wildman–Crippen MR) is 87.4 cm³/mol. The van der Waals surface area contributed by atoms with Crippen molar-refractivity contribution in [1.29, 1.82) is 0 Å². The highest BCUT2D eigenvalue weighted by molar-refractivity contribution is 7.16. The molecule has 1 aromatic heterocycles. The molecule has 1 N–H and O–H groups in total. The van der Waals surface area contributed by atoms with Gasteiger partial charge in [-0.2, -0.15) is 0 Å². The summed E-state index contributed by atoms with van der Waals surface area (Å²) in [5.41, 5.74) is 0.159. The van der Waals surface area contributed by atoms with Crippen molar-refractivity contribution in [1.82, 2.24) is 10.2 Å². The van der Waals surface area contributed by atoms with Crippen LogP contribution in [0, 0.1) is 0 Å². The Morgan fingerprint density at radius 2 is 1.79 bits per heavy atom. The van der Waals surface area contributed by atoms with Gasteiger partial charge < -0.3 is 5.32 Å². The van der Waals surface area contributed by atoms with Gasteiger partial charge in [0.15, 0.2) is 0 Å². The largest absolute Gasteiger partial charge is 0.311 e. The summed E-state index contributed by atoms with van der Waals surface area (Å²) in [5.74, 6) is 0. The molecule has 1 unspecified atom stereocenters. The first-order valence-electron chi connectivity index (χ1n) is 7.27. The number of halogens is 1. The normalized spacial score (nSPS) is 14.1. The molecular formula is C15H27ClN2S. The molecule has 0 saturated heterocycles. The van der Waals surface area contributed by atoms with Gasteiger partial charge in [-0.15, -0.1) is 11.3 Å². The second-order valence-electron chi connectivity index (χ2n) is 4.85. The minimum Gasteiger partial charge on any atom is -0.311 e. The smallest absolute Gasteiger partial charge is 0.0931 e. The zero-order chi connectivity index (χ0) is 14.5. The van der Waals surface area contributed by atoms with E-state index in [0.717, 1.165) is 30.3 Å². The molecule has 0 spiro atoms. The van der Waals surface area contributed by atoms with Crippen molar-refractivity contribution in [3.05, 3.63) is 21.3 Å². The van der Waals surface area contributed by atoms with E-state index in [9.17, 15) is 0 Å². The van der Waals surface area contributed by atoms with Crippen molar-refractivity contribution in [3.63, 3.8) is 0 Å². The lowest BCUT2D eigenvalue weighted by atomic mass is 9.81. The molecule has 0 bridgehead atoms. The van der Waals surface area contributed by atoms with Gasteiger partial charge >= 0.3 is 0 Å². The zero-order valence-electron chi connectivity index (χ0n) is 12.8. The van der Waals surface area contributed by atoms with Crippen molar-refractivity contribution >= 4 is 22.9 Å². The van der Waals surface area contributed by atoms with Crippen molar-refractivity contribution < 1.29 is 0 Å². The van der Waals surface area contributed by atoms with E-state index in [1.807, 2.05) is 6.07 Å². The number of rotatable bonds is 8. The van der Waals surface area contributed by atoms with Crippen LogP contribution in [0.1, 0.15) is 51.5 Å². The molecule has 19 heavy (non-hydrogen) atoms. The lowest BCUT2D eigenvalue weighted by molar-refractivity contribution is 0.0527. The molecule has 0 amide bonds. The Morgan fingerprint density at radius 3 is 2.11 bits per heavy atom. The number of likely N-dealkylation sites (N-methyl/N-ethyl adjacent to an activating group) is 2. The van der Waals surface area contributed by atoms with E-state index >= 15 is 0 Å². The quantitative estimate of drug-likeness (QED) is 0.757. The van der Waals surface area contributed by atoms with Gasteiger partial charge in [0, 0.05) is 10.4 Å². The van der Waals surface area contributed by atoms with Gasteiger partial charge in [-0.25, -0.2) is 0 Å². The van der Waals surface area contributed by atoms with E-state index in [4.69, 9.17) is 11.6 Å². The first kappa shape index (κ1) is 17.0. The molecule has 0 aromatic carbocycles. The van der Waals surface area contributed by atoms with E-state index in [1.54, 1.807) is 11.3 Å². The molecule has 0 aliphatic rings. The highest BCUT2D eigenvalue weighted by Crippen LogP contribution is 2.40. The van der Waals surface area contributed by atoms with Crippen LogP contribution in [0.5, 0.6) is 0 Å². The number of hydrogen-bond donors (Lipinski definition) is 1. The standard InChI is InChI=1S/C15H27ClN2S/c1-6-15(7-2,18(8-3)9-4)14(17-5)12-10-11-13(16)19-12/h10-11,14,17H,6-9H2,1-5H3. The van der Waals surface area contributed by atoms with Gasteiger partial charge in [-0.1, -0.05) is 39.3 Å². The third-order valence-corrected chi connectivity index (χ3v) is 5.62. The van der Waals surface area contributed by atoms with Crippen LogP contribution >= 0.6 is 22.9 Å². The first-order valence-corrected chi connectivity index (χ1v) is 8.46. The fourth-order valence-electron chi connectivity index (χ4n) is 3.30. The van der Waals surface area contributed by atoms with Crippen LogP contribution in [0.15, 0.2) is 12.1 Å². The summed E-state index contributed by atoms with van der Waals surface area (Å²) < 4.78 is 0.871. The Bertz CT molecular complexity index is 370. The first-order chi connectivity index (χ1) is 9.09. The van der Waals surface area contributed by atoms with Gasteiger partial charge in [0.1, 0.15) is 0 Å². The molecule has 1 heterocycles. The molecular weight excluding hydrogens is 276 g/mol. The van der Waals surface area contributed by atoms with Gasteiger partial charge in [-0.3, -0.25) is 4.90 Å². The van der Waals surface area contributed by atoms with Crippen molar-refractivity contribution in [2.24, 2.45) is 0 Å². The van der Waals surface area contributed by atoms with Crippen LogP contribution in [0.3, 0.4) is 0 Å². The molecule has 4 heteroatoms. The van der Waals surface area contributed by atoms with Crippen LogP contribution in [-0.2, 0) is 0 Å². The molecule has 110 valence electrons. The van der Waals surface area contributed by atoms with Gasteiger partial charge in [0.2, 0.25) is 0 Å². The summed E-state index contributed by atoms with van der Waals surface area (Å²) in [6, 6.07) is 4.50. The van der Waals surface area contributed by atoms with E-state index in [0.29, 0.717) is 6.04 Å². The maximum absolute atomic E-state index is 6.12. The third kappa shape index (κ3) is 3.33. The van der Waals surface area contributed by atoms with Gasteiger partial charge in [-0.05, 0) is 45.1 Å². The maximum atomic E-state index is 6.12.